The molecule has 0 aliphatic rings. The molecule has 72 valence electrons. The zero-order valence-electron chi connectivity index (χ0n) is 7.50. The van der Waals surface area contributed by atoms with E-state index in [2.05, 4.69) is 20.9 Å². The van der Waals surface area contributed by atoms with E-state index in [-0.39, 0.29) is 6.10 Å². The Labute approximate surface area is 86.1 Å². The smallest absolute Gasteiger partial charge is 0.106 e. The topological polar surface area (TPSA) is 59.1 Å². The third-order valence-corrected chi connectivity index (χ3v) is 2.22. The predicted octanol–water partition coefficient (Wildman–Crippen LogP) is 1.74. The van der Waals surface area contributed by atoms with Gasteiger partial charge in [0.1, 0.15) is 4.60 Å². The number of hydrogen-bond acceptors (Lipinski definition) is 3. The van der Waals surface area contributed by atoms with Crippen molar-refractivity contribution in [1.29, 1.82) is 0 Å². The number of pyridine rings is 1. The van der Waals surface area contributed by atoms with Crippen molar-refractivity contribution in [1.82, 2.24) is 4.98 Å². The summed E-state index contributed by atoms with van der Waals surface area (Å²) in [4.78, 5) is 4.23. The molecule has 0 aliphatic heterocycles. The first-order valence-electron chi connectivity index (χ1n) is 4.18. The Morgan fingerprint density at radius 1 is 1.62 bits per heavy atom. The third-order valence-electron chi connectivity index (χ3n) is 1.77. The Hall–Kier alpha value is -0.610. The molecule has 0 saturated heterocycles. The maximum Gasteiger partial charge on any atom is 0.106 e. The van der Waals surface area contributed by atoms with Gasteiger partial charge in [0, 0.05) is 0 Å². The van der Waals surface area contributed by atoms with Crippen LogP contribution in [0.15, 0.2) is 16.7 Å². The molecule has 0 bridgehead atoms. The van der Waals surface area contributed by atoms with Gasteiger partial charge in [-0.15, -0.1) is 0 Å². The third kappa shape index (κ3) is 3.32. The Bertz CT molecular complexity index is 289. The molecule has 0 aromatic carbocycles. The molecule has 0 saturated carbocycles. The summed E-state index contributed by atoms with van der Waals surface area (Å²) in [5.74, 6) is 0. The molecule has 0 aliphatic carbocycles. The standard InChI is InChI=1S/C9H13BrN2O/c1-6(13)2-4-8-7(11)3-5-9(10)12-8/h3,5-6,13H,2,4,11H2,1H3/t6-/m1/s1. The molecule has 0 radical (unpaired) electrons. The second kappa shape index (κ2) is 4.58. The van der Waals surface area contributed by atoms with Gasteiger partial charge < -0.3 is 10.8 Å². The van der Waals surface area contributed by atoms with Gasteiger partial charge in [-0.1, -0.05) is 0 Å². The summed E-state index contributed by atoms with van der Waals surface area (Å²) in [5.41, 5.74) is 7.24. The van der Waals surface area contributed by atoms with Crippen molar-refractivity contribution in [3.8, 4) is 0 Å². The number of aromatic nitrogens is 1. The van der Waals surface area contributed by atoms with E-state index >= 15 is 0 Å². The molecule has 1 rings (SSSR count). The van der Waals surface area contributed by atoms with E-state index in [4.69, 9.17) is 10.8 Å². The van der Waals surface area contributed by atoms with Crippen molar-refractivity contribution < 1.29 is 5.11 Å². The van der Waals surface area contributed by atoms with Crippen molar-refractivity contribution in [3.05, 3.63) is 22.4 Å². The van der Waals surface area contributed by atoms with Crippen LogP contribution < -0.4 is 5.73 Å². The maximum absolute atomic E-state index is 9.09. The van der Waals surface area contributed by atoms with Crippen LogP contribution in [0, 0.1) is 0 Å². The molecule has 13 heavy (non-hydrogen) atoms. The molecule has 1 aromatic rings. The molecule has 0 spiro atoms. The van der Waals surface area contributed by atoms with Crippen molar-refractivity contribution in [3.63, 3.8) is 0 Å². The average molecular weight is 245 g/mol. The lowest BCUT2D eigenvalue weighted by Gasteiger charge is -2.06. The molecule has 3 N–H and O–H groups in total. The van der Waals surface area contributed by atoms with Gasteiger partial charge in [0.2, 0.25) is 0 Å². The second-order valence-electron chi connectivity index (χ2n) is 3.06. The summed E-state index contributed by atoms with van der Waals surface area (Å²) in [5, 5.41) is 9.09. The van der Waals surface area contributed by atoms with E-state index in [1.807, 2.05) is 6.07 Å². The predicted molar refractivity (Wildman–Crippen MR) is 56.4 cm³/mol. The molecule has 0 amide bonds. The molecule has 4 heteroatoms. The average Bonchev–Trinajstić information content (AvgIpc) is 2.06. The van der Waals surface area contributed by atoms with Crippen molar-refractivity contribution in [2.75, 3.05) is 5.73 Å². The largest absolute Gasteiger partial charge is 0.397 e. The van der Waals surface area contributed by atoms with Crippen LogP contribution in [0.1, 0.15) is 19.0 Å². The first-order chi connectivity index (χ1) is 6.09. The fourth-order valence-electron chi connectivity index (χ4n) is 1.03. The fraction of sp³-hybridized carbons (Fsp3) is 0.444. The maximum atomic E-state index is 9.09. The van der Waals surface area contributed by atoms with Gasteiger partial charge in [-0.2, -0.15) is 0 Å². The van der Waals surface area contributed by atoms with Crippen molar-refractivity contribution in [2.24, 2.45) is 0 Å². The number of nitrogens with two attached hydrogens (primary N) is 1. The number of anilines is 1. The van der Waals surface area contributed by atoms with E-state index in [9.17, 15) is 0 Å². The summed E-state index contributed by atoms with van der Waals surface area (Å²) in [7, 11) is 0. The SMILES string of the molecule is C[C@@H](O)CCc1nc(Br)ccc1N. The first kappa shape index (κ1) is 10.5. The highest BCUT2D eigenvalue weighted by Crippen LogP contribution is 2.15. The van der Waals surface area contributed by atoms with Gasteiger partial charge in [-0.25, -0.2) is 4.98 Å². The zero-order chi connectivity index (χ0) is 9.84. The highest BCUT2D eigenvalue weighted by atomic mass is 79.9. The molecule has 1 aromatic heterocycles. The summed E-state index contributed by atoms with van der Waals surface area (Å²) in [6.07, 6.45) is 1.09. The van der Waals surface area contributed by atoms with Crippen LogP contribution in [0.5, 0.6) is 0 Å². The van der Waals surface area contributed by atoms with E-state index in [1.165, 1.54) is 0 Å². The molecule has 1 heterocycles. The number of aliphatic hydroxyl groups excluding tert-OH is 1. The molecule has 1 atom stereocenters. The number of halogens is 1. The first-order valence-corrected chi connectivity index (χ1v) is 4.98. The van der Waals surface area contributed by atoms with Crippen LogP contribution in [-0.2, 0) is 6.42 Å². The van der Waals surface area contributed by atoms with Crippen molar-refractivity contribution >= 4 is 21.6 Å². The van der Waals surface area contributed by atoms with Gasteiger partial charge in [-0.3, -0.25) is 0 Å². The lowest BCUT2D eigenvalue weighted by molar-refractivity contribution is 0.184. The summed E-state index contributed by atoms with van der Waals surface area (Å²) in [6.45, 7) is 1.76. The van der Waals surface area contributed by atoms with E-state index < -0.39 is 0 Å². The number of nitrogens with zero attached hydrogens (tertiary/aromatic N) is 1. The number of nitrogen functional groups attached to an aromatic ring is 1. The van der Waals surface area contributed by atoms with Gasteiger partial charge in [0.15, 0.2) is 0 Å². The van der Waals surface area contributed by atoms with Crippen LogP contribution >= 0.6 is 15.9 Å². The monoisotopic (exact) mass is 244 g/mol. The normalized spacial score (nSPS) is 12.8. The minimum absolute atomic E-state index is 0.305. The Morgan fingerprint density at radius 3 is 2.92 bits per heavy atom. The summed E-state index contributed by atoms with van der Waals surface area (Å²) < 4.78 is 0.780. The quantitative estimate of drug-likeness (QED) is 0.797. The lowest BCUT2D eigenvalue weighted by Crippen LogP contribution is -2.05. The second-order valence-corrected chi connectivity index (χ2v) is 3.87. The van der Waals surface area contributed by atoms with Crippen LogP contribution in [0.25, 0.3) is 0 Å². The molecular formula is C9H13BrN2O. The Kier molecular flexibility index (Phi) is 3.69. The molecular weight excluding hydrogens is 232 g/mol. The Morgan fingerprint density at radius 2 is 2.31 bits per heavy atom. The van der Waals surface area contributed by atoms with E-state index in [0.717, 1.165) is 10.3 Å². The van der Waals surface area contributed by atoms with Crippen LogP contribution in [-0.4, -0.2) is 16.2 Å². The molecule has 3 nitrogen and oxygen atoms in total. The van der Waals surface area contributed by atoms with E-state index in [1.54, 1.807) is 13.0 Å². The number of hydrogen-bond donors (Lipinski definition) is 2. The molecule has 0 fully saturated rings. The minimum atomic E-state index is -0.305. The fourth-order valence-corrected chi connectivity index (χ4v) is 1.38. The van der Waals surface area contributed by atoms with Crippen molar-refractivity contribution in [2.45, 2.75) is 25.9 Å². The van der Waals surface area contributed by atoms with Gasteiger partial charge in [0.25, 0.3) is 0 Å². The van der Waals surface area contributed by atoms with Gasteiger partial charge in [0.05, 0.1) is 17.5 Å². The molecule has 0 unspecified atom stereocenters. The summed E-state index contributed by atoms with van der Waals surface area (Å²) in [6, 6.07) is 3.62. The minimum Gasteiger partial charge on any atom is -0.397 e. The number of aryl methyl sites for hydroxylation is 1. The van der Waals surface area contributed by atoms with Crippen LogP contribution in [0.2, 0.25) is 0 Å². The van der Waals surface area contributed by atoms with Crippen LogP contribution in [0.3, 0.4) is 0 Å². The number of aliphatic hydroxyl groups is 1. The van der Waals surface area contributed by atoms with Gasteiger partial charge >= 0.3 is 0 Å². The van der Waals surface area contributed by atoms with E-state index in [0.29, 0.717) is 18.5 Å². The number of rotatable bonds is 3. The van der Waals surface area contributed by atoms with Crippen LogP contribution in [0.4, 0.5) is 5.69 Å². The highest BCUT2D eigenvalue weighted by molar-refractivity contribution is 9.10. The van der Waals surface area contributed by atoms with Gasteiger partial charge in [-0.05, 0) is 47.8 Å². The zero-order valence-corrected chi connectivity index (χ0v) is 9.08. The highest BCUT2D eigenvalue weighted by Gasteiger charge is 2.03. The Balaban J connectivity index is 2.70. The lowest BCUT2D eigenvalue weighted by atomic mass is 10.1. The summed E-state index contributed by atoms with van der Waals surface area (Å²) >= 11 is 3.27.